The van der Waals surface area contributed by atoms with Crippen LogP contribution in [0.5, 0.6) is 5.75 Å². The average molecular weight is 263 g/mol. The molecule has 5 heteroatoms. The van der Waals surface area contributed by atoms with Crippen molar-refractivity contribution in [1.29, 1.82) is 0 Å². The van der Waals surface area contributed by atoms with E-state index in [1.54, 1.807) is 7.11 Å². The first-order chi connectivity index (χ1) is 8.54. The van der Waals surface area contributed by atoms with Crippen LogP contribution >= 0.6 is 11.7 Å². The topological polar surface area (TPSA) is 61.0 Å². The zero-order valence-electron chi connectivity index (χ0n) is 11.0. The van der Waals surface area contributed by atoms with Crippen molar-refractivity contribution in [3.05, 3.63) is 23.3 Å². The summed E-state index contributed by atoms with van der Waals surface area (Å²) in [6, 6.07) is 4.13. The molecule has 18 heavy (non-hydrogen) atoms. The highest BCUT2D eigenvalue weighted by Crippen LogP contribution is 2.35. The number of anilines is 1. The summed E-state index contributed by atoms with van der Waals surface area (Å²) in [6.45, 7) is 6.31. The van der Waals surface area contributed by atoms with E-state index >= 15 is 0 Å². The van der Waals surface area contributed by atoms with Crippen molar-refractivity contribution in [3.63, 3.8) is 0 Å². The van der Waals surface area contributed by atoms with Crippen LogP contribution in [0.3, 0.4) is 0 Å². The standard InChI is InChI=1S/C13H17N3OS/c1-7(2)9-6-10(8(3)5-11(9)17-4)12-13(14)16-18-15-12/h5-7H,1-4H3,(H2,14,16). The van der Waals surface area contributed by atoms with Gasteiger partial charge in [-0.1, -0.05) is 13.8 Å². The summed E-state index contributed by atoms with van der Waals surface area (Å²) in [5.41, 5.74) is 9.89. The molecule has 2 rings (SSSR count). The molecule has 0 saturated carbocycles. The van der Waals surface area contributed by atoms with E-state index in [1.165, 1.54) is 0 Å². The third-order valence-electron chi connectivity index (χ3n) is 2.97. The molecule has 0 fully saturated rings. The monoisotopic (exact) mass is 263 g/mol. The van der Waals surface area contributed by atoms with Gasteiger partial charge in [-0.3, -0.25) is 0 Å². The molecule has 1 aromatic carbocycles. The lowest BCUT2D eigenvalue weighted by Crippen LogP contribution is -1.98. The van der Waals surface area contributed by atoms with Gasteiger partial charge in [-0.2, -0.15) is 8.75 Å². The predicted molar refractivity (Wildman–Crippen MR) is 75.1 cm³/mol. The van der Waals surface area contributed by atoms with E-state index < -0.39 is 0 Å². The Morgan fingerprint density at radius 3 is 2.50 bits per heavy atom. The summed E-state index contributed by atoms with van der Waals surface area (Å²) in [5, 5.41) is 0. The fourth-order valence-electron chi connectivity index (χ4n) is 1.96. The smallest absolute Gasteiger partial charge is 0.165 e. The Balaban J connectivity index is 2.62. The summed E-state index contributed by atoms with van der Waals surface area (Å²) in [7, 11) is 1.69. The number of hydrogen-bond acceptors (Lipinski definition) is 5. The van der Waals surface area contributed by atoms with Gasteiger partial charge in [0.05, 0.1) is 18.8 Å². The molecular weight excluding hydrogens is 246 g/mol. The quantitative estimate of drug-likeness (QED) is 0.923. The molecule has 1 heterocycles. The van der Waals surface area contributed by atoms with E-state index in [0.717, 1.165) is 39.9 Å². The minimum absolute atomic E-state index is 0.382. The molecule has 0 amide bonds. The van der Waals surface area contributed by atoms with Gasteiger partial charge in [0.15, 0.2) is 5.82 Å². The van der Waals surface area contributed by atoms with E-state index in [4.69, 9.17) is 10.5 Å². The maximum atomic E-state index is 5.84. The molecule has 2 N–H and O–H groups in total. The lowest BCUT2D eigenvalue weighted by molar-refractivity contribution is 0.407. The number of aryl methyl sites for hydroxylation is 1. The molecule has 0 spiro atoms. The minimum atomic E-state index is 0.382. The first kappa shape index (κ1) is 12.8. The lowest BCUT2D eigenvalue weighted by atomic mass is 9.95. The van der Waals surface area contributed by atoms with Crippen LogP contribution in [0.1, 0.15) is 30.9 Å². The van der Waals surface area contributed by atoms with Gasteiger partial charge < -0.3 is 10.5 Å². The van der Waals surface area contributed by atoms with Gasteiger partial charge in [-0.15, -0.1) is 0 Å². The van der Waals surface area contributed by atoms with Crippen molar-refractivity contribution >= 4 is 17.5 Å². The van der Waals surface area contributed by atoms with Gasteiger partial charge in [0.1, 0.15) is 11.4 Å². The van der Waals surface area contributed by atoms with E-state index in [2.05, 4.69) is 28.7 Å². The molecule has 0 radical (unpaired) electrons. The van der Waals surface area contributed by atoms with Crippen molar-refractivity contribution < 1.29 is 4.74 Å². The highest BCUT2D eigenvalue weighted by molar-refractivity contribution is 6.99. The van der Waals surface area contributed by atoms with Crippen LogP contribution in [0.15, 0.2) is 12.1 Å². The molecule has 96 valence electrons. The molecule has 0 aliphatic carbocycles. The van der Waals surface area contributed by atoms with Crippen molar-refractivity contribution in [2.75, 3.05) is 12.8 Å². The van der Waals surface area contributed by atoms with Crippen LogP contribution in [-0.2, 0) is 0 Å². The Hall–Kier alpha value is -1.62. The molecule has 4 nitrogen and oxygen atoms in total. The summed E-state index contributed by atoms with van der Waals surface area (Å²) >= 11 is 1.14. The molecule has 0 aliphatic rings. The van der Waals surface area contributed by atoms with Gasteiger partial charge in [-0.05, 0) is 36.1 Å². The Bertz CT molecular complexity index is 563. The fraction of sp³-hybridized carbons (Fsp3) is 0.385. The number of nitrogen functional groups attached to an aromatic ring is 1. The first-order valence-electron chi connectivity index (χ1n) is 5.81. The average Bonchev–Trinajstić information content (AvgIpc) is 2.74. The molecule has 0 atom stereocenters. The van der Waals surface area contributed by atoms with Gasteiger partial charge in [-0.25, -0.2) is 0 Å². The van der Waals surface area contributed by atoms with Crippen LogP contribution in [0, 0.1) is 6.92 Å². The second-order valence-corrected chi connectivity index (χ2v) is 5.09. The summed E-state index contributed by atoms with van der Waals surface area (Å²) in [4.78, 5) is 0. The number of rotatable bonds is 3. The molecule has 0 bridgehead atoms. The third-order valence-corrected chi connectivity index (χ3v) is 3.51. The van der Waals surface area contributed by atoms with Crippen LogP contribution in [0.4, 0.5) is 5.82 Å². The lowest BCUT2D eigenvalue weighted by Gasteiger charge is -2.15. The Morgan fingerprint density at radius 1 is 1.28 bits per heavy atom. The zero-order chi connectivity index (χ0) is 13.3. The van der Waals surface area contributed by atoms with Crippen LogP contribution < -0.4 is 10.5 Å². The van der Waals surface area contributed by atoms with Crippen molar-refractivity contribution in [2.45, 2.75) is 26.7 Å². The number of benzene rings is 1. The van der Waals surface area contributed by atoms with E-state index in [9.17, 15) is 0 Å². The second kappa shape index (κ2) is 4.94. The number of nitrogens with two attached hydrogens (primary N) is 1. The molecule has 0 saturated heterocycles. The van der Waals surface area contributed by atoms with Crippen molar-refractivity contribution in [3.8, 4) is 17.0 Å². The Kier molecular flexibility index (Phi) is 3.52. The van der Waals surface area contributed by atoms with Crippen molar-refractivity contribution in [1.82, 2.24) is 8.75 Å². The molecular formula is C13H17N3OS. The van der Waals surface area contributed by atoms with Crippen LogP contribution in [-0.4, -0.2) is 15.9 Å². The number of nitrogens with zero attached hydrogens (tertiary/aromatic N) is 2. The number of methoxy groups -OCH3 is 1. The summed E-state index contributed by atoms with van der Waals surface area (Å²) < 4.78 is 13.7. The SMILES string of the molecule is COc1cc(C)c(-c2nsnc2N)cc1C(C)C. The van der Waals surface area contributed by atoms with E-state index in [1.807, 2.05) is 13.0 Å². The first-order valence-corrected chi connectivity index (χ1v) is 6.54. The highest BCUT2D eigenvalue weighted by Gasteiger charge is 2.15. The number of aromatic nitrogens is 2. The van der Waals surface area contributed by atoms with Gasteiger partial charge in [0.25, 0.3) is 0 Å². The molecule has 0 aliphatic heterocycles. The van der Waals surface area contributed by atoms with Gasteiger partial charge in [0.2, 0.25) is 0 Å². The van der Waals surface area contributed by atoms with Crippen LogP contribution in [0.2, 0.25) is 0 Å². The largest absolute Gasteiger partial charge is 0.496 e. The van der Waals surface area contributed by atoms with Gasteiger partial charge >= 0.3 is 0 Å². The molecule has 1 aromatic heterocycles. The summed E-state index contributed by atoms with van der Waals surface area (Å²) in [6.07, 6.45) is 0. The zero-order valence-corrected chi connectivity index (χ0v) is 11.8. The molecule has 2 aromatic rings. The number of hydrogen-bond donors (Lipinski definition) is 1. The van der Waals surface area contributed by atoms with Gasteiger partial charge in [0, 0.05) is 5.56 Å². The molecule has 0 unspecified atom stereocenters. The fourth-order valence-corrected chi connectivity index (χ4v) is 2.45. The maximum absolute atomic E-state index is 5.84. The summed E-state index contributed by atoms with van der Waals surface area (Å²) in [5.74, 6) is 1.78. The number of ether oxygens (including phenoxy) is 1. The highest BCUT2D eigenvalue weighted by atomic mass is 32.1. The second-order valence-electron chi connectivity index (χ2n) is 4.56. The third kappa shape index (κ3) is 2.18. The normalized spacial score (nSPS) is 10.9. The maximum Gasteiger partial charge on any atom is 0.165 e. The van der Waals surface area contributed by atoms with E-state index in [-0.39, 0.29) is 0 Å². The van der Waals surface area contributed by atoms with E-state index in [0.29, 0.717) is 11.7 Å². The Morgan fingerprint density at radius 2 is 2.00 bits per heavy atom. The minimum Gasteiger partial charge on any atom is -0.496 e. The predicted octanol–water partition coefficient (Wildman–Crippen LogP) is 3.23. The van der Waals surface area contributed by atoms with Crippen LogP contribution in [0.25, 0.3) is 11.3 Å². The Labute approximate surface area is 111 Å². The van der Waals surface area contributed by atoms with Crippen molar-refractivity contribution in [2.24, 2.45) is 0 Å².